The van der Waals surface area contributed by atoms with Gasteiger partial charge in [-0.05, 0) is 40.0 Å². The lowest BCUT2D eigenvalue weighted by molar-refractivity contribution is -0.176. The van der Waals surface area contributed by atoms with Gasteiger partial charge in [-0.15, -0.1) is 0 Å². The molecule has 0 radical (unpaired) electrons. The molecule has 1 aliphatic carbocycles. The molecular formula is C13H21IO4. The molecule has 0 N–H and O–H groups in total. The molecule has 1 saturated carbocycles. The Balaban J connectivity index is 1.86. The summed E-state index contributed by atoms with van der Waals surface area (Å²) in [5, 5.41) is 0. The fraction of sp³-hybridized carbons (Fsp3) is 1.00. The second-order valence-electron chi connectivity index (χ2n) is 6.35. The van der Waals surface area contributed by atoms with Gasteiger partial charge in [-0.25, -0.2) is 0 Å². The van der Waals surface area contributed by atoms with Gasteiger partial charge < -0.3 is 18.9 Å². The Morgan fingerprint density at radius 1 is 0.889 bits per heavy atom. The first-order chi connectivity index (χ1) is 8.31. The van der Waals surface area contributed by atoms with Gasteiger partial charge in [0.05, 0.1) is 12.2 Å². The van der Waals surface area contributed by atoms with E-state index in [1.54, 1.807) is 0 Å². The van der Waals surface area contributed by atoms with Crippen molar-refractivity contribution in [2.45, 2.75) is 70.1 Å². The number of hydrogen-bond acceptors (Lipinski definition) is 4. The molecule has 2 saturated heterocycles. The van der Waals surface area contributed by atoms with Crippen LogP contribution in [0.3, 0.4) is 0 Å². The molecule has 3 rings (SSSR count). The highest BCUT2D eigenvalue weighted by molar-refractivity contribution is 14.1. The predicted molar refractivity (Wildman–Crippen MR) is 74.6 cm³/mol. The zero-order valence-electron chi connectivity index (χ0n) is 11.3. The molecule has 4 nitrogen and oxygen atoms in total. The molecule has 2 aliphatic heterocycles. The number of alkyl halides is 1. The third kappa shape index (κ3) is 2.22. The maximum absolute atomic E-state index is 6.07. The molecule has 2 heterocycles. The van der Waals surface area contributed by atoms with E-state index in [9.17, 15) is 0 Å². The summed E-state index contributed by atoms with van der Waals surface area (Å²) in [5.41, 5.74) is 0. The van der Waals surface area contributed by atoms with E-state index in [0.29, 0.717) is 5.92 Å². The first-order valence-corrected chi connectivity index (χ1v) is 8.11. The Bertz CT molecular complexity index is 344. The van der Waals surface area contributed by atoms with Crippen LogP contribution in [0.1, 0.15) is 34.1 Å². The largest absolute Gasteiger partial charge is 0.344 e. The molecular weight excluding hydrogens is 347 g/mol. The highest BCUT2D eigenvalue weighted by Crippen LogP contribution is 2.47. The summed E-state index contributed by atoms with van der Waals surface area (Å²) < 4.78 is 25.2. The van der Waals surface area contributed by atoms with Crippen molar-refractivity contribution in [1.29, 1.82) is 0 Å². The summed E-state index contributed by atoms with van der Waals surface area (Å²) in [6.07, 6.45) is 1.28. The van der Waals surface area contributed by atoms with Gasteiger partial charge in [-0.1, -0.05) is 22.6 Å². The third-order valence-electron chi connectivity index (χ3n) is 3.91. The van der Waals surface area contributed by atoms with Gasteiger partial charge in [-0.3, -0.25) is 0 Å². The van der Waals surface area contributed by atoms with E-state index in [-0.39, 0.29) is 24.4 Å². The summed E-state index contributed by atoms with van der Waals surface area (Å²) in [5.74, 6) is -0.531. The topological polar surface area (TPSA) is 36.9 Å². The fourth-order valence-corrected chi connectivity index (χ4v) is 4.20. The van der Waals surface area contributed by atoms with Crippen molar-refractivity contribution < 1.29 is 18.9 Å². The van der Waals surface area contributed by atoms with E-state index in [2.05, 4.69) is 22.6 Å². The Morgan fingerprint density at radius 3 is 2.11 bits per heavy atom. The Kier molecular flexibility index (Phi) is 3.22. The summed E-state index contributed by atoms with van der Waals surface area (Å²) in [6.45, 7) is 7.90. The van der Waals surface area contributed by atoms with Crippen LogP contribution in [-0.4, -0.2) is 40.4 Å². The van der Waals surface area contributed by atoms with Crippen LogP contribution in [-0.2, 0) is 18.9 Å². The van der Waals surface area contributed by atoms with Crippen molar-refractivity contribution in [3.63, 3.8) is 0 Å². The first-order valence-electron chi connectivity index (χ1n) is 6.58. The van der Waals surface area contributed by atoms with E-state index in [1.165, 1.54) is 0 Å². The third-order valence-corrected chi connectivity index (χ3v) is 5.04. The summed E-state index contributed by atoms with van der Waals surface area (Å²) in [4.78, 5) is 0. The number of fused-ring (bicyclic) bond motifs is 3. The zero-order valence-corrected chi connectivity index (χ0v) is 13.5. The molecule has 3 fully saturated rings. The second-order valence-corrected chi connectivity index (χ2v) is 7.23. The van der Waals surface area contributed by atoms with E-state index < -0.39 is 11.6 Å². The number of ether oxygens (including phenoxy) is 4. The molecule has 3 aliphatic rings. The molecule has 0 aromatic carbocycles. The minimum absolute atomic E-state index is 0.000269. The molecule has 5 heteroatoms. The molecule has 18 heavy (non-hydrogen) atoms. The van der Waals surface area contributed by atoms with Crippen LogP contribution in [0.5, 0.6) is 0 Å². The van der Waals surface area contributed by atoms with Crippen molar-refractivity contribution >= 4 is 22.6 Å². The average Bonchev–Trinajstić information content (AvgIpc) is 2.71. The van der Waals surface area contributed by atoms with Gasteiger partial charge >= 0.3 is 0 Å². The highest BCUT2D eigenvalue weighted by atomic mass is 127. The lowest BCUT2D eigenvalue weighted by Gasteiger charge is -2.36. The minimum atomic E-state index is -0.510. The number of rotatable bonds is 1. The molecule has 0 unspecified atom stereocenters. The lowest BCUT2D eigenvalue weighted by atomic mass is 9.82. The maximum atomic E-state index is 6.07. The van der Waals surface area contributed by atoms with Gasteiger partial charge in [0, 0.05) is 4.43 Å². The molecule has 0 aromatic heterocycles. The van der Waals surface area contributed by atoms with Gasteiger partial charge in [0.1, 0.15) is 12.2 Å². The molecule has 0 bridgehead atoms. The van der Waals surface area contributed by atoms with Crippen LogP contribution >= 0.6 is 22.6 Å². The quantitative estimate of drug-likeness (QED) is 0.527. The Labute approximate surface area is 122 Å². The maximum Gasteiger partial charge on any atom is 0.163 e. The smallest absolute Gasteiger partial charge is 0.163 e. The monoisotopic (exact) mass is 368 g/mol. The van der Waals surface area contributed by atoms with Crippen LogP contribution in [0.25, 0.3) is 0 Å². The summed E-state index contributed by atoms with van der Waals surface area (Å²) >= 11 is 2.43. The standard InChI is InChI=1S/C13H21IO4/c1-12(2)15-8-5-7(6-14)9-11(10(8)17-12)18-13(3,4)16-9/h7-11H,5-6H2,1-4H3/t7-,8+,9+,10+,11+/m1/s1. The second kappa shape index (κ2) is 4.28. The van der Waals surface area contributed by atoms with E-state index in [0.717, 1.165) is 10.8 Å². The molecule has 0 spiro atoms. The van der Waals surface area contributed by atoms with Crippen molar-refractivity contribution in [1.82, 2.24) is 0 Å². The minimum Gasteiger partial charge on any atom is -0.344 e. The zero-order chi connectivity index (χ0) is 13.1. The van der Waals surface area contributed by atoms with Crippen LogP contribution in [0.2, 0.25) is 0 Å². The van der Waals surface area contributed by atoms with Crippen LogP contribution in [0, 0.1) is 5.92 Å². The SMILES string of the molecule is CC1(C)O[C@@H]2[C@H]3OC(C)(C)O[C@H]3C[C@H](CI)[C@@H]2O1. The van der Waals surface area contributed by atoms with Gasteiger partial charge in [-0.2, -0.15) is 0 Å². The average molecular weight is 368 g/mol. The normalized spacial score (nSPS) is 48.8. The first kappa shape index (κ1) is 13.5. The Morgan fingerprint density at radius 2 is 1.44 bits per heavy atom. The highest BCUT2D eigenvalue weighted by Gasteiger charge is 2.59. The van der Waals surface area contributed by atoms with Gasteiger partial charge in [0.2, 0.25) is 0 Å². The summed E-state index contributed by atoms with van der Waals surface area (Å²) in [6, 6.07) is 0. The van der Waals surface area contributed by atoms with E-state index in [4.69, 9.17) is 18.9 Å². The van der Waals surface area contributed by atoms with Crippen molar-refractivity contribution in [3.05, 3.63) is 0 Å². The molecule has 104 valence electrons. The van der Waals surface area contributed by atoms with Crippen molar-refractivity contribution in [2.75, 3.05) is 4.43 Å². The number of hydrogen-bond donors (Lipinski definition) is 0. The molecule has 0 aromatic rings. The van der Waals surface area contributed by atoms with Crippen LogP contribution < -0.4 is 0 Å². The van der Waals surface area contributed by atoms with Gasteiger partial charge in [0.25, 0.3) is 0 Å². The van der Waals surface area contributed by atoms with Crippen molar-refractivity contribution in [2.24, 2.45) is 5.92 Å². The lowest BCUT2D eigenvalue weighted by Crippen LogP contribution is -2.51. The summed E-state index contributed by atoms with van der Waals surface area (Å²) in [7, 11) is 0. The van der Waals surface area contributed by atoms with E-state index in [1.807, 2.05) is 27.7 Å². The number of halogens is 1. The Hall–Kier alpha value is 0.570. The van der Waals surface area contributed by atoms with Crippen LogP contribution in [0.15, 0.2) is 0 Å². The fourth-order valence-electron chi connectivity index (χ4n) is 3.34. The van der Waals surface area contributed by atoms with Gasteiger partial charge in [0.15, 0.2) is 11.6 Å². The van der Waals surface area contributed by atoms with Crippen molar-refractivity contribution in [3.8, 4) is 0 Å². The van der Waals surface area contributed by atoms with Crippen LogP contribution in [0.4, 0.5) is 0 Å². The predicted octanol–water partition coefficient (Wildman–Crippen LogP) is 2.48. The molecule has 0 amide bonds. The van der Waals surface area contributed by atoms with E-state index >= 15 is 0 Å². The molecule has 5 atom stereocenters.